The first-order valence-corrected chi connectivity index (χ1v) is 6.83. The summed E-state index contributed by atoms with van der Waals surface area (Å²) in [5.74, 6) is 0.428. The zero-order valence-electron chi connectivity index (χ0n) is 12.0. The van der Waals surface area contributed by atoms with Gasteiger partial charge in [0.25, 0.3) is 0 Å². The fourth-order valence-electron chi connectivity index (χ4n) is 2.16. The fraction of sp³-hybridized carbons (Fsp3) is 0.533. The van der Waals surface area contributed by atoms with Crippen LogP contribution in [-0.2, 0) is 9.47 Å². The summed E-state index contributed by atoms with van der Waals surface area (Å²) in [5.41, 5.74) is 0.542. The Morgan fingerprint density at radius 2 is 2.15 bits per heavy atom. The molecule has 1 aromatic carbocycles. The van der Waals surface area contributed by atoms with Crippen LogP contribution >= 0.6 is 0 Å². The van der Waals surface area contributed by atoms with E-state index in [4.69, 9.17) is 14.2 Å². The first kappa shape index (κ1) is 14.8. The van der Waals surface area contributed by atoms with E-state index in [0.717, 1.165) is 32.1 Å². The number of hydrogen-bond donors (Lipinski definition) is 0. The van der Waals surface area contributed by atoms with E-state index in [1.54, 1.807) is 31.4 Å². The third-order valence-corrected chi connectivity index (χ3v) is 3.44. The van der Waals surface area contributed by atoms with Gasteiger partial charge in [-0.3, -0.25) is 4.90 Å². The van der Waals surface area contributed by atoms with Crippen LogP contribution in [0.3, 0.4) is 0 Å². The monoisotopic (exact) mass is 279 g/mol. The number of benzene rings is 1. The molecule has 0 radical (unpaired) electrons. The molecule has 0 aromatic heterocycles. The van der Waals surface area contributed by atoms with Crippen LogP contribution in [0.5, 0.6) is 5.75 Å². The highest BCUT2D eigenvalue weighted by Gasteiger charge is 2.18. The summed E-state index contributed by atoms with van der Waals surface area (Å²) >= 11 is 0. The number of nitrogens with zero attached hydrogens (tertiary/aromatic N) is 1. The van der Waals surface area contributed by atoms with Crippen molar-refractivity contribution in [1.29, 1.82) is 0 Å². The Kier molecular flexibility index (Phi) is 5.38. The molecule has 0 aliphatic carbocycles. The number of morpholine rings is 1. The lowest BCUT2D eigenvalue weighted by Crippen LogP contribution is -2.45. The lowest BCUT2D eigenvalue weighted by atomic mass is 10.2. The molecule has 5 heteroatoms. The fourth-order valence-corrected chi connectivity index (χ4v) is 2.16. The molecule has 5 nitrogen and oxygen atoms in total. The molecule has 110 valence electrons. The minimum Gasteiger partial charge on any atom is -0.497 e. The average molecular weight is 279 g/mol. The highest BCUT2D eigenvalue weighted by atomic mass is 16.5. The van der Waals surface area contributed by atoms with E-state index >= 15 is 0 Å². The van der Waals surface area contributed by atoms with E-state index in [2.05, 4.69) is 11.8 Å². The molecule has 1 heterocycles. The van der Waals surface area contributed by atoms with Gasteiger partial charge in [-0.05, 0) is 31.2 Å². The second-order valence-electron chi connectivity index (χ2n) is 4.82. The molecule has 1 aliphatic rings. The lowest BCUT2D eigenvalue weighted by molar-refractivity contribution is -0.0110. The molecule has 0 N–H and O–H groups in total. The molecule has 1 atom stereocenters. The summed E-state index contributed by atoms with van der Waals surface area (Å²) in [6, 6.07) is 7.29. The Hall–Kier alpha value is -1.59. The highest BCUT2D eigenvalue weighted by molar-refractivity contribution is 5.89. The van der Waals surface area contributed by atoms with E-state index in [-0.39, 0.29) is 5.97 Å². The second kappa shape index (κ2) is 7.26. The first-order valence-electron chi connectivity index (χ1n) is 6.83. The van der Waals surface area contributed by atoms with Crippen LogP contribution < -0.4 is 4.74 Å². The minimum atomic E-state index is -0.298. The first-order chi connectivity index (χ1) is 9.70. The van der Waals surface area contributed by atoms with Crippen molar-refractivity contribution >= 4 is 5.97 Å². The average Bonchev–Trinajstić information content (AvgIpc) is 2.49. The van der Waals surface area contributed by atoms with Crippen molar-refractivity contribution in [3.8, 4) is 5.75 Å². The molecule has 0 amide bonds. The van der Waals surface area contributed by atoms with Gasteiger partial charge in [0.05, 0.1) is 25.9 Å². The van der Waals surface area contributed by atoms with Crippen molar-refractivity contribution in [2.75, 3.05) is 40.0 Å². The SMILES string of the molecule is COc1ccc(C(=O)OCCN2CCOCC2C)cc1. The molecule has 0 bridgehead atoms. The number of esters is 1. The summed E-state index contributed by atoms with van der Waals surface area (Å²) in [6.07, 6.45) is 0. The van der Waals surface area contributed by atoms with Crippen LogP contribution in [-0.4, -0.2) is 56.9 Å². The number of methoxy groups -OCH3 is 1. The quantitative estimate of drug-likeness (QED) is 0.766. The van der Waals surface area contributed by atoms with Gasteiger partial charge >= 0.3 is 5.97 Å². The molecule has 1 unspecified atom stereocenters. The zero-order chi connectivity index (χ0) is 14.4. The summed E-state index contributed by atoms with van der Waals surface area (Å²) in [5, 5.41) is 0. The van der Waals surface area contributed by atoms with Gasteiger partial charge in [0.2, 0.25) is 0 Å². The third kappa shape index (κ3) is 3.95. The summed E-state index contributed by atoms with van der Waals surface area (Å²) < 4.78 is 15.7. The van der Waals surface area contributed by atoms with Crippen LogP contribution in [0.25, 0.3) is 0 Å². The third-order valence-electron chi connectivity index (χ3n) is 3.44. The summed E-state index contributed by atoms with van der Waals surface area (Å²) in [7, 11) is 1.59. The van der Waals surface area contributed by atoms with E-state index in [0.29, 0.717) is 18.2 Å². The standard InChI is InChI=1S/C15H21NO4/c1-12-11-19-9-7-16(12)8-10-20-15(17)13-3-5-14(18-2)6-4-13/h3-6,12H,7-11H2,1-2H3. The van der Waals surface area contributed by atoms with Gasteiger partial charge in [-0.1, -0.05) is 0 Å². The van der Waals surface area contributed by atoms with Crippen LogP contribution in [0.4, 0.5) is 0 Å². The van der Waals surface area contributed by atoms with Crippen LogP contribution in [0.2, 0.25) is 0 Å². The Morgan fingerprint density at radius 3 is 2.80 bits per heavy atom. The molecule has 1 aromatic rings. The van der Waals surface area contributed by atoms with Gasteiger partial charge in [-0.15, -0.1) is 0 Å². The van der Waals surface area contributed by atoms with Gasteiger partial charge in [0.15, 0.2) is 0 Å². The molecular weight excluding hydrogens is 258 g/mol. The van der Waals surface area contributed by atoms with Crippen molar-refractivity contribution in [3.05, 3.63) is 29.8 Å². The maximum Gasteiger partial charge on any atom is 0.338 e. The summed E-state index contributed by atoms with van der Waals surface area (Å²) in [6.45, 7) is 5.64. The zero-order valence-corrected chi connectivity index (χ0v) is 12.0. The normalized spacial score (nSPS) is 19.6. The Balaban J connectivity index is 1.76. The van der Waals surface area contributed by atoms with Gasteiger partial charge in [0.1, 0.15) is 12.4 Å². The number of carbonyl (C=O) groups is 1. The second-order valence-corrected chi connectivity index (χ2v) is 4.82. The largest absolute Gasteiger partial charge is 0.497 e. The van der Waals surface area contributed by atoms with Crippen molar-refractivity contribution < 1.29 is 19.0 Å². The van der Waals surface area contributed by atoms with Crippen LogP contribution in [0.15, 0.2) is 24.3 Å². The molecule has 1 aliphatic heterocycles. The van der Waals surface area contributed by atoms with Crippen molar-refractivity contribution in [1.82, 2.24) is 4.90 Å². The van der Waals surface area contributed by atoms with Gasteiger partial charge in [-0.25, -0.2) is 4.79 Å². The minimum absolute atomic E-state index is 0.298. The van der Waals surface area contributed by atoms with Crippen molar-refractivity contribution in [3.63, 3.8) is 0 Å². The summed E-state index contributed by atoms with van der Waals surface area (Å²) in [4.78, 5) is 14.1. The smallest absolute Gasteiger partial charge is 0.338 e. The Bertz CT molecular complexity index is 432. The molecule has 0 saturated carbocycles. The van der Waals surface area contributed by atoms with Gasteiger partial charge in [0, 0.05) is 19.1 Å². The number of rotatable bonds is 5. The number of carbonyl (C=O) groups excluding carboxylic acids is 1. The Labute approximate surface area is 119 Å². The van der Waals surface area contributed by atoms with E-state index in [1.165, 1.54) is 0 Å². The van der Waals surface area contributed by atoms with Gasteiger partial charge < -0.3 is 14.2 Å². The number of hydrogen-bond acceptors (Lipinski definition) is 5. The topological polar surface area (TPSA) is 48.0 Å². The Morgan fingerprint density at radius 1 is 1.40 bits per heavy atom. The molecule has 2 rings (SSSR count). The highest BCUT2D eigenvalue weighted by Crippen LogP contribution is 2.12. The van der Waals surface area contributed by atoms with E-state index < -0.39 is 0 Å². The lowest BCUT2D eigenvalue weighted by Gasteiger charge is -2.32. The van der Waals surface area contributed by atoms with E-state index in [1.807, 2.05) is 0 Å². The predicted octanol–water partition coefficient (Wildman–Crippen LogP) is 1.57. The van der Waals surface area contributed by atoms with Crippen LogP contribution in [0.1, 0.15) is 17.3 Å². The molecule has 1 saturated heterocycles. The molecule has 1 fully saturated rings. The molecule has 0 spiro atoms. The number of ether oxygens (including phenoxy) is 3. The van der Waals surface area contributed by atoms with Crippen molar-refractivity contribution in [2.24, 2.45) is 0 Å². The predicted molar refractivity (Wildman–Crippen MR) is 75.1 cm³/mol. The van der Waals surface area contributed by atoms with Gasteiger partial charge in [-0.2, -0.15) is 0 Å². The molecular formula is C15H21NO4. The van der Waals surface area contributed by atoms with Crippen molar-refractivity contribution in [2.45, 2.75) is 13.0 Å². The van der Waals surface area contributed by atoms with E-state index in [9.17, 15) is 4.79 Å². The van der Waals surface area contributed by atoms with Crippen LogP contribution in [0, 0.1) is 0 Å². The maximum atomic E-state index is 11.9. The maximum absolute atomic E-state index is 11.9. The molecule has 20 heavy (non-hydrogen) atoms.